The van der Waals surface area contributed by atoms with E-state index in [9.17, 15) is 9.59 Å². The molecule has 5 nitrogen and oxygen atoms in total. The van der Waals surface area contributed by atoms with Crippen molar-refractivity contribution in [1.82, 2.24) is 0 Å². The van der Waals surface area contributed by atoms with E-state index < -0.39 is 0 Å². The third-order valence-electron chi connectivity index (χ3n) is 3.31. The predicted molar refractivity (Wildman–Crippen MR) is 92.3 cm³/mol. The van der Waals surface area contributed by atoms with Crippen molar-refractivity contribution in [1.29, 1.82) is 0 Å². The average molecular weight is 450 g/mol. The zero-order valence-electron chi connectivity index (χ0n) is 12.8. The van der Waals surface area contributed by atoms with Gasteiger partial charge in [0.25, 0.3) is 0 Å². The summed E-state index contributed by atoms with van der Waals surface area (Å²) < 4.78 is 16.0. The molecule has 0 unspecified atom stereocenters. The minimum absolute atomic E-state index is 0.110. The van der Waals surface area contributed by atoms with Crippen LogP contribution in [0.3, 0.4) is 0 Å². The van der Waals surface area contributed by atoms with Crippen LogP contribution in [0.1, 0.15) is 30.1 Å². The topological polar surface area (TPSA) is 61.8 Å². The first-order valence-electron chi connectivity index (χ1n) is 7.29. The zero-order chi connectivity index (χ0) is 16.9. The summed E-state index contributed by atoms with van der Waals surface area (Å²) in [6.07, 6.45) is 1.76. The van der Waals surface area contributed by atoms with Crippen LogP contribution in [0.15, 0.2) is 22.7 Å². The first-order valence-corrected chi connectivity index (χ1v) is 8.88. The molecule has 1 aliphatic carbocycles. The Morgan fingerprint density at radius 3 is 2.48 bits per heavy atom. The molecule has 0 aromatic heterocycles. The maximum Gasteiger partial charge on any atom is 0.302 e. The lowest BCUT2D eigenvalue weighted by Crippen LogP contribution is -2.15. The number of carbonyl (C=O) groups excluding carboxylic acids is 2. The zero-order valence-corrected chi connectivity index (χ0v) is 15.9. The van der Waals surface area contributed by atoms with E-state index in [1.807, 2.05) is 0 Å². The molecular weight excluding hydrogens is 432 g/mol. The fourth-order valence-corrected chi connectivity index (χ4v) is 2.83. The van der Waals surface area contributed by atoms with Gasteiger partial charge in [-0.15, -0.1) is 0 Å². The second-order valence-electron chi connectivity index (χ2n) is 5.24. The number of hydrogen-bond acceptors (Lipinski definition) is 5. The Balaban J connectivity index is 1.74. The number of rotatable bonds is 9. The summed E-state index contributed by atoms with van der Waals surface area (Å²) in [5.41, 5.74) is 0.663. The summed E-state index contributed by atoms with van der Waals surface area (Å²) in [5.74, 6) is 0.447. The molecule has 0 N–H and O–H groups in total. The summed E-state index contributed by atoms with van der Waals surface area (Å²) in [5, 5.41) is 0. The fraction of sp³-hybridized carbons (Fsp3) is 0.500. The largest absolute Gasteiger partial charge is 0.490 e. The predicted octanol–water partition coefficient (Wildman–Crippen LogP) is 3.52. The van der Waals surface area contributed by atoms with Gasteiger partial charge in [-0.1, -0.05) is 15.9 Å². The molecule has 23 heavy (non-hydrogen) atoms. The molecule has 1 saturated carbocycles. The number of halogens is 2. The van der Waals surface area contributed by atoms with E-state index >= 15 is 0 Å². The molecule has 7 heteroatoms. The lowest BCUT2D eigenvalue weighted by atomic mass is 10.1. The molecular formula is C16H18Br2O5. The van der Waals surface area contributed by atoms with Crippen LogP contribution in [-0.4, -0.2) is 42.5 Å². The number of Topliss-reactive ketones (excluding diaryl/α,β-unsaturated/α-hetero) is 1. The number of benzene rings is 1. The Morgan fingerprint density at radius 1 is 1.17 bits per heavy atom. The number of carbonyl (C=O) groups is 2. The van der Waals surface area contributed by atoms with Crippen molar-refractivity contribution in [2.24, 2.45) is 0 Å². The number of hydrogen-bond donors (Lipinski definition) is 0. The monoisotopic (exact) mass is 448 g/mol. The summed E-state index contributed by atoms with van der Waals surface area (Å²) in [6.45, 7) is 2.69. The van der Waals surface area contributed by atoms with E-state index in [1.54, 1.807) is 18.2 Å². The summed E-state index contributed by atoms with van der Waals surface area (Å²) >= 11 is 6.89. The van der Waals surface area contributed by atoms with Crippen molar-refractivity contribution < 1.29 is 23.8 Å². The van der Waals surface area contributed by atoms with Gasteiger partial charge in [0.1, 0.15) is 19.0 Å². The van der Waals surface area contributed by atoms with Crippen LogP contribution in [0.4, 0.5) is 0 Å². The number of ketones is 1. The van der Waals surface area contributed by atoms with Gasteiger partial charge in [0.2, 0.25) is 0 Å². The molecule has 1 aromatic rings. The van der Waals surface area contributed by atoms with Gasteiger partial charge in [-0.05, 0) is 47.0 Å². The fourth-order valence-electron chi connectivity index (χ4n) is 1.91. The number of alkyl halides is 1. The van der Waals surface area contributed by atoms with E-state index in [2.05, 4.69) is 31.9 Å². The van der Waals surface area contributed by atoms with Gasteiger partial charge in [-0.3, -0.25) is 9.59 Å². The molecule has 1 aromatic carbocycles. The molecule has 0 spiro atoms. The quantitative estimate of drug-likeness (QED) is 0.250. The van der Waals surface area contributed by atoms with Crippen molar-refractivity contribution in [3.05, 3.63) is 28.2 Å². The van der Waals surface area contributed by atoms with Gasteiger partial charge in [0, 0.05) is 12.5 Å². The van der Waals surface area contributed by atoms with Gasteiger partial charge in [0.05, 0.1) is 22.0 Å². The second-order valence-corrected chi connectivity index (χ2v) is 7.61. The van der Waals surface area contributed by atoms with E-state index in [0.29, 0.717) is 31.1 Å². The lowest BCUT2D eigenvalue weighted by molar-refractivity contribution is -0.142. The highest BCUT2D eigenvalue weighted by Gasteiger charge is 2.47. The van der Waals surface area contributed by atoms with Crippen LogP contribution in [0.25, 0.3) is 0 Å². The van der Waals surface area contributed by atoms with Gasteiger partial charge >= 0.3 is 5.97 Å². The summed E-state index contributed by atoms with van der Waals surface area (Å²) in [7, 11) is 0. The highest BCUT2D eigenvalue weighted by molar-refractivity contribution is 9.10. The molecule has 0 amide bonds. The van der Waals surface area contributed by atoms with Gasteiger partial charge < -0.3 is 14.2 Å². The van der Waals surface area contributed by atoms with Gasteiger partial charge in [-0.25, -0.2) is 0 Å². The van der Waals surface area contributed by atoms with Crippen LogP contribution in [0, 0.1) is 0 Å². The molecule has 0 saturated heterocycles. The van der Waals surface area contributed by atoms with Gasteiger partial charge in [-0.2, -0.15) is 0 Å². The molecule has 2 rings (SSSR count). The first-order chi connectivity index (χ1) is 10.9. The Hall–Kier alpha value is -0.920. The Morgan fingerprint density at radius 2 is 1.87 bits per heavy atom. The Kier molecular flexibility index (Phi) is 6.61. The highest BCUT2D eigenvalue weighted by Crippen LogP contribution is 2.47. The van der Waals surface area contributed by atoms with Crippen molar-refractivity contribution in [2.45, 2.75) is 24.1 Å². The standard InChI is InChI=1S/C16H18Br2O5/c1-11(19)22-8-6-21-7-9-23-14-3-2-12(10-13(14)17)15(20)16(18)4-5-16/h2-3,10H,4-9H2,1H3. The Bertz CT molecular complexity index is 584. The number of esters is 1. The van der Waals surface area contributed by atoms with Crippen LogP contribution >= 0.6 is 31.9 Å². The molecule has 1 aliphatic rings. The molecule has 0 bridgehead atoms. The van der Waals surface area contributed by atoms with Crippen LogP contribution in [0.2, 0.25) is 0 Å². The highest BCUT2D eigenvalue weighted by atomic mass is 79.9. The molecule has 0 heterocycles. The lowest BCUT2D eigenvalue weighted by Gasteiger charge is -2.11. The van der Waals surface area contributed by atoms with Crippen molar-refractivity contribution >= 4 is 43.6 Å². The maximum absolute atomic E-state index is 12.2. The molecule has 126 valence electrons. The number of ether oxygens (including phenoxy) is 3. The molecule has 0 aliphatic heterocycles. The third kappa shape index (κ3) is 5.58. The SMILES string of the molecule is CC(=O)OCCOCCOc1ccc(C(=O)C2(Br)CC2)cc1Br. The first kappa shape index (κ1) is 18.4. The van der Waals surface area contributed by atoms with Crippen LogP contribution in [-0.2, 0) is 14.3 Å². The molecule has 0 atom stereocenters. The minimum atomic E-state index is -0.357. The minimum Gasteiger partial charge on any atom is -0.490 e. The van der Waals surface area contributed by atoms with Crippen molar-refractivity contribution in [3.63, 3.8) is 0 Å². The Labute approximate surface area is 151 Å². The van der Waals surface area contributed by atoms with E-state index in [1.165, 1.54) is 6.92 Å². The maximum atomic E-state index is 12.2. The van der Waals surface area contributed by atoms with E-state index in [0.717, 1.165) is 17.3 Å². The van der Waals surface area contributed by atoms with Crippen molar-refractivity contribution in [3.8, 4) is 5.75 Å². The van der Waals surface area contributed by atoms with Gasteiger partial charge in [0.15, 0.2) is 5.78 Å². The molecule has 1 fully saturated rings. The summed E-state index contributed by atoms with van der Waals surface area (Å²) in [6, 6.07) is 5.32. The smallest absolute Gasteiger partial charge is 0.302 e. The van der Waals surface area contributed by atoms with E-state index in [-0.39, 0.29) is 22.7 Å². The second kappa shape index (κ2) is 8.26. The third-order valence-corrected chi connectivity index (χ3v) is 5.08. The van der Waals surface area contributed by atoms with Crippen molar-refractivity contribution in [2.75, 3.05) is 26.4 Å². The van der Waals surface area contributed by atoms with Crippen LogP contribution in [0.5, 0.6) is 5.75 Å². The molecule has 0 radical (unpaired) electrons. The normalized spacial score (nSPS) is 15.1. The summed E-state index contributed by atoms with van der Waals surface area (Å²) in [4.78, 5) is 22.8. The average Bonchev–Trinajstić information content (AvgIpc) is 3.25. The van der Waals surface area contributed by atoms with Crippen LogP contribution < -0.4 is 4.74 Å². The van der Waals surface area contributed by atoms with E-state index in [4.69, 9.17) is 14.2 Å².